The van der Waals surface area contributed by atoms with Crippen molar-refractivity contribution in [3.8, 4) is 0 Å². The van der Waals surface area contributed by atoms with Crippen LogP contribution < -0.4 is 0 Å². The first-order chi connectivity index (χ1) is 8.88. The van der Waals surface area contributed by atoms with E-state index in [1.165, 1.54) is 18.2 Å². The number of rotatable bonds is 5. The highest BCUT2D eigenvalue weighted by atomic mass is 35.5. The highest BCUT2D eigenvalue weighted by Gasteiger charge is 2.58. The first kappa shape index (κ1) is 18.1. The van der Waals surface area contributed by atoms with Gasteiger partial charge in [0.15, 0.2) is 0 Å². The van der Waals surface area contributed by atoms with E-state index in [1.807, 2.05) is 0 Å². The summed E-state index contributed by atoms with van der Waals surface area (Å²) in [4.78, 5) is 35.9. The molecule has 0 aliphatic heterocycles. The molecular weight excluding hydrogens is 353 g/mol. The number of hydrogen-bond donors (Lipinski definition) is 5. The Balaban J connectivity index is 3.02. The summed E-state index contributed by atoms with van der Waals surface area (Å²) in [5, 5.41) is 6.70. The number of benzene rings is 1. The molecule has 0 radical (unpaired) electrons. The Hall–Kier alpha value is 0.0600. The maximum atomic E-state index is 11.1. The zero-order chi connectivity index (χ0) is 15.8. The van der Waals surface area contributed by atoms with Crippen LogP contribution in [0.1, 0.15) is 12.0 Å². The van der Waals surface area contributed by atoms with Crippen LogP contribution in [0.25, 0.3) is 0 Å². The smallest absolute Gasteiger partial charge is 0.368 e. The van der Waals surface area contributed by atoms with Gasteiger partial charge in [-0.2, -0.15) is 0 Å². The normalized spacial score (nSPS) is 13.6. The minimum atomic E-state index is -5.43. The molecule has 0 atom stereocenters. The van der Waals surface area contributed by atoms with E-state index in [0.717, 1.165) is 0 Å². The Morgan fingerprint density at radius 3 is 1.90 bits per heavy atom. The molecule has 1 aromatic rings. The van der Waals surface area contributed by atoms with Gasteiger partial charge < -0.3 is 24.7 Å². The van der Waals surface area contributed by atoms with Gasteiger partial charge in [-0.1, -0.05) is 29.3 Å². The van der Waals surface area contributed by atoms with Crippen molar-refractivity contribution in [3.63, 3.8) is 0 Å². The molecular formula is C9H12Cl2O7P2. The lowest BCUT2D eigenvalue weighted by Gasteiger charge is -2.29. The second-order valence-electron chi connectivity index (χ2n) is 4.11. The highest BCUT2D eigenvalue weighted by molar-refractivity contribution is 7.72. The lowest BCUT2D eigenvalue weighted by atomic mass is 10.1. The van der Waals surface area contributed by atoms with Crippen molar-refractivity contribution in [1.29, 1.82) is 0 Å². The highest BCUT2D eigenvalue weighted by Crippen LogP contribution is 2.69. The van der Waals surface area contributed by atoms with Gasteiger partial charge in [-0.3, -0.25) is 9.13 Å². The summed E-state index contributed by atoms with van der Waals surface area (Å²) in [5.41, 5.74) is 0.416. The average molecular weight is 365 g/mol. The molecule has 1 rings (SSSR count). The summed E-state index contributed by atoms with van der Waals surface area (Å²) in [7, 11) is -10.9. The molecule has 5 N–H and O–H groups in total. The Morgan fingerprint density at radius 2 is 1.50 bits per heavy atom. The lowest BCUT2D eigenvalue weighted by molar-refractivity contribution is 0.123. The van der Waals surface area contributed by atoms with Crippen molar-refractivity contribution in [2.75, 3.05) is 0 Å². The first-order valence-electron chi connectivity index (χ1n) is 5.16. The third-order valence-electron chi connectivity index (χ3n) is 2.67. The van der Waals surface area contributed by atoms with Crippen LogP contribution in [0.2, 0.25) is 10.0 Å². The summed E-state index contributed by atoms with van der Waals surface area (Å²) < 4.78 is 22.3. The summed E-state index contributed by atoms with van der Waals surface area (Å²) in [5.74, 6) is 0. The third-order valence-corrected chi connectivity index (χ3v) is 7.28. The second-order valence-corrected chi connectivity index (χ2v) is 8.93. The van der Waals surface area contributed by atoms with E-state index in [0.29, 0.717) is 5.56 Å². The van der Waals surface area contributed by atoms with Crippen LogP contribution in [-0.2, 0) is 15.6 Å². The zero-order valence-electron chi connectivity index (χ0n) is 9.85. The molecule has 0 bridgehead atoms. The SMILES string of the molecule is O=P(O)(O)C(O)(CCc1ccc(Cl)c(Cl)c1)P(=O)(O)O. The Morgan fingerprint density at radius 1 is 1.00 bits per heavy atom. The average Bonchev–Trinajstić information content (AvgIpc) is 2.27. The summed E-state index contributed by atoms with van der Waals surface area (Å²) in [6.45, 7) is 0. The maximum Gasteiger partial charge on any atom is 0.369 e. The molecule has 0 saturated carbocycles. The number of halogens is 2. The fourth-order valence-corrected chi connectivity index (χ4v) is 3.95. The lowest BCUT2D eigenvalue weighted by Crippen LogP contribution is -2.29. The van der Waals surface area contributed by atoms with E-state index in [2.05, 4.69) is 0 Å². The van der Waals surface area contributed by atoms with Gasteiger partial charge in [-0.15, -0.1) is 0 Å². The minimum absolute atomic E-state index is 0.181. The third kappa shape index (κ3) is 3.83. The van der Waals surface area contributed by atoms with Gasteiger partial charge in [0, 0.05) is 6.42 Å². The molecule has 0 aromatic heterocycles. The molecule has 0 aliphatic rings. The molecule has 7 nitrogen and oxygen atoms in total. The van der Waals surface area contributed by atoms with Crippen molar-refractivity contribution in [2.45, 2.75) is 17.9 Å². The van der Waals surface area contributed by atoms with Crippen molar-refractivity contribution >= 4 is 38.4 Å². The molecule has 0 aliphatic carbocycles. The largest absolute Gasteiger partial charge is 0.369 e. The van der Waals surface area contributed by atoms with E-state index < -0.39 is 26.7 Å². The van der Waals surface area contributed by atoms with Gasteiger partial charge in [-0.05, 0) is 24.1 Å². The van der Waals surface area contributed by atoms with Crippen LogP contribution in [0.4, 0.5) is 0 Å². The van der Waals surface area contributed by atoms with Crippen LogP contribution in [-0.4, -0.2) is 29.8 Å². The fraction of sp³-hybridized carbons (Fsp3) is 0.333. The molecule has 0 spiro atoms. The predicted molar refractivity (Wildman–Crippen MR) is 73.8 cm³/mol. The van der Waals surface area contributed by atoms with Crippen LogP contribution in [0.15, 0.2) is 18.2 Å². The van der Waals surface area contributed by atoms with Gasteiger partial charge >= 0.3 is 15.2 Å². The van der Waals surface area contributed by atoms with Crippen molar-refractivity contribution in [2.24, 2.45) is 0 Å². The molecule has 0 saturated heterocycles. The summed E-state index contributed by atoms with van der Waals surface area (Å²) in [6.07, 6.45) is -1.04. The van der Waals surface area contributed by atoms with E-state index in [-0.39, 0.29) is 16.5 Å². The molecule has 0 amide bonds. The van der Waals surface area contributed by atoms with Crippen LogP contribution in [0.5, 0.6) is 0 Å². The monoisotopic (exact) mass is 364 g/mol. The maximum absolute atomic E-state index is 11.1. The molecule has 1 aromatic carbocycles. The molecule has 0 unspecified atom stereocenters. The quantitative estimate of drug-likeness (QED) is 0.503. The van der Waals surface area contributed by atoms with Gasteiger partial charge in [-0.25, -0.2) is 0 Å². The molecule has 0 fully saturated rings. The number of aryl methyl sites for hydroxylation is 1. The zero-order valence-corrected chi connectivity index (χ0v) is 13.1. The summed E-state index contributed by atoms with van der Waals surface area (Å²) >= 11 is 11.4. The van der Waals surface area contributed by atoms with Crippen LogP contribution in [0.3, 0.4) is 0 Å². The molecule has 11 heteroatoms. The second kappa shape index (κ2) is 6.05. The predicted octanol–water partition coefficient (Wildman–Crippen LogP) is 1.93. The molecule has 114 valence electrons. The summed E-state index contributed by atoms with van der Waals surface area (Å²) in [6, 6.07) is 4.27. The molecule has 0 heterocycles. The first-order valence-corrected chi connectivity index (χ1v) is 9.14. The van der Waals surface area contributed by atoms with Gasteiger partial charge in [0.05, 0.1) is 10.0 Å². The standard InChI is InChI=1S/C9H12Cl2O7P2/c10-7-2-1-6(5-8(7)11)3-4-9(12,19(13,14)15)20(16,17)18/h1-2,5,12H,3-4H2,(H2,13,14,15)(H2,16,17,18). The van der Waals surface area contributed by atoms with Gasteiger partial charge in [0.2, 0.25) is 0 Å². The van der Waals surface area contributed by atoms with Crippen LogP contribution >= 0.6 is 38.4 Å². The van der Waals surface area contributed by atoms with Crippen molar-refractivity contribution < 1.29 is 33.8 Å². The van der Waals surface area contributed by atoms with Crippen LogP contribution in [0, 0.1) is 0 Å². The van der Waals surface area contributed by atoms with E-state index in [9.17, 15) is 14.2 Å². The Kier molecular flexibility index (Phi) is 5.48. The Labute approximate surface area is 124 Å². The minimum Gasteiger partial charge on any atom is -0.368 e. The topological polar surface area (TPSA) is 135 Å². The number of hydrogen-bond acceptors (Lipinski definition) is 3. The van der Waals surface area contributed by atoms with Crippen molar-refractivity contribution in [3.05, 3.63) is 33.8 Å². The van der Waals surface area contributed by atoms with Crippen molar-refractivity contribution in [1.82, 2.24) is 0 Å². The Bertz CT molecular complexity index is 572. The number of aliphatic hydroxyl groups is 1. The molecule has 20 heavy (non-hydrogen) atoms. The van der Waals surface area contributed by atoms with Gasteiger partial charge in [0.1, 0.15) is 0 Å². The van der Waals surface area contributed by atoms with Gasteiger partial charge in [0.25, 0.3) is 5.08 Å². The fourth-order valence-electron chi connectivity index (χ4n) is 1.47. The van der Waals surface area contributed by atoms with E-state index in [1.54, 1.807) is 0 Å². The van der Waals surface area contributed by atoms with E-state index >= 15 is 0 Å². The van der Waals surface area contributed by atoms with E-state index in [4.69, 9.17) is 42.8 Å².